The van der Waals surface area contributed by atoms with Crippen LogP contribution in [0.3, 0.4) is 0 Å². The number of hydrogen-bond donors (Lipinski definition) is 1. The van der Waals surface area contributed by atoms with Gasteiger partial charge in [0.05, 0.1) is 6.07 Å². The molecular weight excluding hydrogens is 152 g/mol. The van der Waals surface area contributed by atoms with Crippen molar-refractivity contribution in [3.05, 3.63) is 0 Å². The lowest BCUT2D eigenvalue weighted by atomic mass is 9.77. The van der Waals surface area contributed by atoms with Gasteiger partial charge < -0.3 is 5.32 Å². The minimum Gasteiger partial charge on any atom is -0.353 e. The molecule has 1 fully saturated rings. The van der Waals surface area contributed by atoms with Gasteiger partial charge in [-0.05, 0) is 32.6 Å². The number of hydrogen-bond acceptors (Lipinski definition) is 2. The largest absolute Gasteiger partial charge is 0.353 e. The number of amides is 1. The molecule has 1 N–H and O–H groups in total. The Kier molecular flexibility index (Phi) is 2.69. The van der Waals surface area contributed by atoms with Crippen LogP contribution in [0.5, 0.6) is 0 Å². The van der Waals surface area contributed by atoms with Crippen molar-refractivity contribution in [2.75, 3.05) is 0 Å². The van der Waals surface area contributed by atoms with E-state index in [0.717, 1.165) is 32.1 Å². The molecule has 0 aromatic heterocycles. The van der Waals surface area contributed by atoms with Gasteiger partial charge in [0.1, 0.15) is 0 Å². The van der Waals surface area contributed by atoms with Gasteiger partial charge in [-0.25, -0.2) is 0 Å². The van der Waals surface area contributed by atoms with Crippen LogP contribution >= 0.6 is 0 Å². The summed E-state index contributed by atoms with van der Waals surface area (Å²) in [6.45, 7) is 2.00. The van der Waals surface area contributed by atoms with Crippen LogP contribution in [0.25, 0.3) is 0 Å². The summed E-state index contributed by atoms with van der Waals surface area (Å²) in [6, 6.07) is 2.26. The average molecular weight is 166 g/mol. The van der Waals surface area contributed by atoms with Gasteiger partial charge in [-0.2, -0.15) is 5.26 Å². The molecule has 0 heterocycles. The van der Waals surface area contributed by atoms with Crippen LogP contribution in [-0.2, 0) is 4.79 Å². The fourth-order valence-corrected chi connectivity index (χ4v) is 1.87. The second-order valence-corrected chi connectivity index (χ2v) is 3.75. The highest BCUT2D eigenvalue weighted by molar-refractivity contribution is 5.47. The maximum atomic E-state index is 10.3. The Morgan fingerprint density at radius 2 is 2.50 bits per heavy atom. The third kappa shape index (κ3) is 1.97. The quantitative estimate of drug-likeness (QED) is 0.627. The lowest BCUT2D eigenvalue weighted by molar-refractivity contribution is -0.111. The second-order valence-electron chi connectivity index (χ2n) is 3.75. The summed E-state index contributed by atoms with van der Waals surface area (Å²) >= 11 is 0. The monoisotopic (exact) mass is 166 g/mol. The molecule has 0 aromatic rings. The number of carbonyl (C=O) groups excluding carboxylic acids is 1. The summed E-state index contributed by atoms with van der Waals surface area (Å²) in [5.41, 5.74) is -0.138. The molecule has 12 heavy (non-hydrogen) atoms. The average Bonchev–Trinajstić information content (AvgIpc) is 2.04. The Bertz CT molecular complexity index is 209. The highest BCUT2D eigenvalue weighted by atomic mass is 16.1. The number of nitriles is 1. The molecule has 66 valence electrons. The molecule has 0 saturated heterocycles. The van der Waals surface area contributed by atoms with Crippen LogP contribution < -0.4 is 5.32 Å². The van der Waals surface area contributed by atoms with E-state index in [2.05, 4.69) is 11.4 Å². The first-order valence-corrected chi connectivity index (χ1v) is 4.31. The number of carbonyl (C=O) groups is 1. The van der Waals surface area contributed by atoms with Gasteiger partial charge in [-0.3, -0.25) is 4.79 Å². The Labute approximate surface area is 72.8 Å². The topological polar surface area (TPSA) is 52.9 Å². The maximum Gasteiger partial charge on any atom is 0.207 e. The van der Waals surface area contributed by atoms with Crippen LogP contribution in [0.4, 0.5) is 0 Å². The number of rotatable bonds is 2. The standard InChI is InChI=1S/C9H14N2O/c1-9(11-7-12)4-2-3-8(5-9)6-10/h7-8H,2-5H2,1H3,(H,11,12). The first-order valence-electron chi connectivity index (χ1n) is 4.31. The van der Waals surface area contributed by atoms with Crippen molar-refractivity contribution in [2.24, 2.45) is 5.92 Å². The summed E-state index contributed by atoms with van der Waals surface area (Å²) in [4.78, 5) is 10.3. The molecule has 1 aliphatic carbocycles. The van der Waals surface area contributed by atoms with Gasteiger partial charge >= 0.3 is 0 Å². The van der Waals surface area contributed by atoms with Crippen molar-refractivity contribution >= 4 is 6.41 Å². The molecule has 3 nitrogen and oxygen atoms in total. The molecule has 0 radical (unpaired) electrons. The van der Waals surface area contributed by atoms with E-state index in [1.54, 1.807) is 0 Å². The number of nitrogens with zero attached hydrogens (tertiary/aromatic N) is 1. The van der Waals surface area contributed by atoms with E-state index in [0.29, 0.717) is 0 Å². The van der Waals surface area contributed by atoms with Gasteiger partial charge in [-0.15, -0.1) is 0 Å². The molecule has 1 aliphatic rings. The van der Waals surface area contributed by atoms with Gasteiger partial charge in [0.25, 0.3) is 0 Å². The fourth-order valence-electron chi connectivity index (χ4n) is 1.87. The molecule has 0 aliphatic heterocycles. The summed E-state index contributed by atoms with van der Waals surface area (Å²) in [5, 5.41) is 11.5. The maximum absolute atomic E-state index is 10.3. The van der Waals surface area contributed by atoms with Crippen molar-refractivity contribution in [3.8, 4) is 6.07 Å². The third-order valence-corrected chi connectivity index (χ3v) is 2.57. The lowest BCUT2D eigenvalue weighted by Gasteiger charge is -2.35. The van der Waals surface area contributed by atoms with Crippen molar-refractivity contribution < 1.29 is 4.79 Å². The molecule has 1 amide bonds. The Hall–Kier alpha value is -1.04. The van der Waals surface area contributed by atoms with Crippen LogP contribution in [0.1, 0.15) is 32.6 Å². The molecule has 0 aromatic carbocycles. The lowest BCUT2D eigenvalue weighted by Crippen LogP contribution is -2.45. The summed E-state index contributed by atoms with van der Waals surface area (Å²) in [7, 11) is 0. The van der Waals surface area contributed by atoms with Crippen LogP contribution in [0, 0.1) is 17.2 Å². The zero-order valence-corrected chi connectivity index (χ0v) is 7.34. The SMILES string of the molecule is CC1(NC=O)CCCC(C#N)C1. The Morgan fingerprint density at radius 3 is 3.08 bits per heavy atom. The number of nitrogens with one attached hydrogen (secondary N) is 1. The van der Waals surface area contributed by atoms with E-state index in [9.17, 15) is 4.79 Å². The predicted octanol–water partition coefficient (Wildman–Crippen LogP) is 1.20. The van der Waals surface area contributed by atoms with Crippen molar-refractivity contribution in [1.82, 2.24) is 5.32 Å². The summed E-state index contributed by atoms with van der Waals surface area (Å²) in [6.07, 6.45) is 4.54. The van der Waals surface area contributed by atoms with Crippen molar-refractivity contribution in [2.45, 2.75) is 38.1 Å². The van der Waals surface area contributed by atoms with Crippen molar-refractivity contribution in [1.29, 1.82) is 5.26 Å². The normalized spacial score (nSPS) is 35.2. The Balaban J connectivity index is 2.55. The highest BCUT2D eigenvalue weighted by Crippen LogP contribution is 2.31. The first-order chi connectivity index (χ1) is 5.70. The van der Waals surface area contributed by atoms with Crippen LogP contribution in [0.15, 0.2) is 0 Å². The zero-order chi connectivity index (χ0) is 9.03. The van der Waals surface area contributed by atoms with Gasteiger partial charge in [0, 0.05) is 11.5 Å². The third-order valence-electron chi connectivity index (χ3n) is 2.57. The minimum absolute atomic E-state index is 0.121. The van der Waals surface area contributed by atoms with E-state index in [1.165, 1.54) is 0 Å². The molecule has 2 atom stereocenters. The summed E-state index contributed by atoms with van der Waals surface area (Å²) in [5.74, 6) is 0.121. The predicted molar refractivity (Wildman–Crippen MR) is 45.2 cm³/mol. The van der Waals surface area contributed by atoms with Gasteiger partial charge in [0.15, 0.2) is 0 Å². The van der Waals surface area contributed by atoms with E-state index < -0.39 is 0 Å². The molecule has 0 spiro atoms. The fraction of sp³-hybridized carbons (Fsp3) is 0.778. The molecule has 3 heteroatoms. The second kappa shape index (κ2) is 3.57. The van der Waals surface area contributed by atoms with Crippen molar-refractivity contribution in [3.63, 3.8) is 0 Å². The smallest absolute Gasteiger partial charge is 0.207 e. The van der Waals surface area contributed by atoms with E-state index in [4.69, 9.17) is 5.26 Å². The zero-order valence-electron chi connectivity index (χ0n) is 7.34. The first kappa shape index (κ1) is 9.05. The molecular formula is C9H14N2O. The molecule has 0 bridgehead atoms. The van der Waals surface area contributed by atoms with Crippen LogP contribution in [0.2, 0.25) is 0 Å². The molecule has 1 rings (SSSR count). The van der Waals surface area contributed by atoms with Crippen LogP contribution in [-0.4, -0.2) is 11.9 Å². The van der Waals surface area contributed by atoms with Gasteiger partial charge in [0.2, 0.25) is 6.41 Å². The Morgan fingerprint density at radius 1 is 1.75 bits per heavy atom. The minimum atomic E-state index is -0.138. The highest BCUT2D eigenvalue weighted by Gasteiger charge is 2.31. The summed E-state index contributed by atoms with van der Waals surface area (Å²) < 4.78 is 0. The molecule has 2 unspecified atom stereocenters. The van der Waals surface area contributed by atoms with E-state index in [1.807, 2.05) is 6.92 Å². The van der Waals surface area contributed by atoms with Gasteiger partial charge in [-0.1, -0.05) is 0 Å². The van der Waals surface area contributed by atoms with E-state index >= 15 is 0 Å². The molecule has 1 saturated carbocycles. The van der Waals surface area contributed by atoms with E-state index in [-0.39, 0.29) is 11.5 Å².